The van der Waals surface area contributed by atoms with Crippen LogP contribution in [0.25, 0.3) is 28.6 Å². The maximum absolute atomic E-state index is 13.1. The van der Waals surface area contributed by atoms with Gasteiger partial charge in [0, 0.05) is 19.0 Å². The monoisotopic (exact) mass is 411 g/mol. The first-order valence-electron chi connectivity index (χ1n) is 9.04. The minimum Gasteiger partial charge on any atom is -0.293 e. The molecule has 2 aromatic heterocycles. The third-order valence-corrected chi connectivity index (χ3v) is 5.05. The molecule has 1 N–H and O–H groups in total. The predicted octanol–water partition coefficient (Wildman–Crippen LogP) is 2.11. The lowest BCUT2D eigenvalue weighted by Crippen LogP contribution is -2.36. The van der Waals surface area contributed by atoms with E-state index in [0.29, 0.717) is 28.2 Å². The van der Waals surface area contributed by atoms with E-state index in [1.807, 2.05) is 13.0 Å². The number of carbonyl (C=O) groups is 1. The van der Waals surface area contributed by atoms with E-state index in [9.17, 15) is 14.4 Å². The van der Waals surface area contributed by atoms with Gasteiger partial charge in [-0.3, -0.25) is 24.4 Å². The SMILES string of the molecule is CC(=O)Nn1c(-c2nc3c(c(=O)n2C)C=CC(C)C3)nc2ccc(Cl)cc2c1=O. The minimum absolute atomic E-state index is 0.0737. The van der Waals surface area contributed by atoms with Gasteiger partial charge in [0.1, 0.15) is 0 Å². The standard InChI is InChI=1S/C20H18ClN5O3/c1-10-4-6-13-16(8-10)23-17(25(3)19(13)28)18-22-15-7-5-12(21)9-14(15)20(29)26(18)24-11(2)27/h4-7,9-10H,8H2,1-3H3,(H,24,27). The predicted molar refractivity (Wildman–Crippen MR) is 111 cm³/mol. The first kappa shape index (κ1) is 19.1. The van der Waals surface area contributed by atoms with Crippen molar-refractivity contribution in [2.45, 2.75) is 20.3 Å². The van der Waals surface area contributed by atoms with Crippen molar-refractivity contribution in [2.75, 3.05) is 5.43 Å². The molecule has 3 aromatic rings. The molecule has 0 bridgehead atoms. The van der Waals surface area contributed by atoms with Crippen LogP contribution in [0.3, 0.4) is 0 Å². The zero-order valence-electron chi connectivity index (χ0n) is 16.1. The Labute approximate surface area is 170 Å². The summed E-state index contributed by atoms with van der Waals surface area (Å²) in [5, 5.41) is 0.619. The normalized spacial score (nSPS) is 15.4. The lowest BCUT2D eigenvalue weighted by molar-refractivity contribution is -0.115. The topological polar surface area (TPSA) is 98.9 Å². The van der Waals surface area contributed by atoms with Crippen molar-refractivity contribution in [2.24, 2.45) is 13.0 Å². The van der Waals surface area contributed by atoms with Crippen LogP contribution in [0.4, 0.5) is 0 Å². The molecule has 1 aliphatic rings. The third-order valence-electron chi connectivity index (χ3n) is 4.81. The summed E-state index contributed by atoms with van der Waals surface area (Å²) in [5.74, 6) is 0.0406. The van der Waals surface area contributed by atoms with E-state index in [4.69, 9.17) is 11.6 Å². The van der Waals surface area contributed by atoms with Crippen molar-refractivity contribution in [3.05, 3.63) is 61.3 Å². The second-order valence-electron chi connectivity index (χ2n) is 7.11. The van der Waals surface area contributed by atoms with Gasteiger partial charge < -0.3 is 0 Å². The molecule has 1 atom stereocenters. The molecule has 0 aliphatic heterocycles. The lowest BCUT2D eigenvalue weighted by Gasteiger charge is -2.19. The van der Waals surface area contributed by atoms with Gasteiger partial charge in [0.2, 0.25) is 5.91 Å². The quantitative estimate of drug-likeness (QED) is 0.696. The van der Waals surface area contributed by atoms with Crippen LogP contribution in [-0.2, 0) is 18.3 Å². The number of hydrogen-bond donors (Lipinski definition) is 1. The Hall–Kier alpha value is -3.26. The van der Waals surface area contributed by atoms with E-state index in [-0.39, 0.29) is 28.5 Å². The molecule has 2 heterocycles. The number of nitrogens with one attached hydrogen (secondary N) is 1. The smallest absolute Gasteiger partial charge is 0.280 e. The molecule has 1 aliphatic carbocycles. The van der Waals surface area contributed by atoms with Gasteiger partial charge >= 0.3 is 0 Å². The van der Waals surface area contributed by atoms with E-state index in [0.717, 1.165) is 4.68 Å². The molecule has 0 radical (unpaired) electrons. The number of aromatic nitrogens is 4. The van der Waals surface area contributed by atoms with Gasteiger partial charge in [-0.15, -0.1) is 0 Å². The van der Waals surface area contributed by atoms with Crippen molar-refractivity contribution in [3.8, 4) is 11.6 Å². The molecule has 9 heteroatoms. The fourth-order valence-electron chi connectivity index (χ4n) is 3.39. The van der Waals surface area contributed by atoms with Gasteiger partial charge in [-0.25, -0.2) is 9.97 Å². The fraction of sp³-hybridized carbons (Fsp3) is 0.250. The van der Waals surface area contributed by atoms with Gasteiger partial charge in [-0.1, -0.05) is 30.7 Å². The molecule has 1 unspecified atom stereocenters. The van der Waals surface area contributed by atoms with Gasteiger partial charge in [0.25, 0.3) is 11.1 Å². The highest BCUT2D eigenvalue weighted by Gasteiger charge is 2.23. The van der Waals surface area contributed by atoms with Gasteiger partial charge in [-0.2, -0.15) is 4.68 Å². The average molecular weight is 412 g/mol. The van der Waals surface area contributed by atoms with Crippen LogP contribution in [-0.4, -0.2) is 25.1 Å². The Morgan fingerprint density at radius 1 is 1.21 bits per heavy atom. The van der Waals surface area contributed by atoms with E-state index >= 15 is 0 Å². The molecule has 4 rings (SSSR count). The van der Waals surface area contributed by atoms with Crippen LogP contribution < -0.4 is 16.5 Å². The van der Waals surface area contributed by atoms with E-state index in [2.05, 4.69) is 15.4 Å². The summed E-state index contributed by atoms with van der Waals surface area (Å²) in [6, 6.07) is 4.72. The van der Waals surface area contributed by atoms with Crippen LogP contribution in [0.2, 0.25) is 5.02 Å². The first-order chi connectivity index (χ1) is 13.8. The highest BCUT2D eigenvalue weighted by Crippen LogP contribution is 2.23. The van der Waals surface area contributed by atoms with Crippen molar-refractivity contribution >= 4 is 34.5 Å². The van der Waals surface area contributed by atoms with Crippen molar-refractivity contribution in [1.82, 2.24) is 19.2 Å². The number of allylic oxidation sites excluding steroid dienone is 1. The molecular formula is C20H18ClN5O3. The van der Waals surface area contributed by atoms with Crippen molar-refractivity contribution < 1.29 is 4.79 Å². The second kappa shape index (κ2) is 6.97. The molecule has 148 valence electrons. The van der Waals surface area contributed by atoms with Crippen LogP contribution in [0, 0.1) is 5.92 Å². The molecule has 0 spiro atoms. The van der Waals surface area contributed by atoms with Crippen LogP contribution >= 0.6 is 11.6 Å². The minimum atomic E-state index is -0.511. The number of benzene rings is 1. The largest absolute Gasteiger partial charge is 0.293 e. The number of halogens is 1. The summed E-state index contributed by atoms with van der Waals surface area (Å²) in [5.41, 5.74) is 3.27. The van der Waals surface area contributed by atoms with Crippen LogP contribution in [0.5, 0.6) is 0 Å². The summed E-state index contributed by atoms with van der Waals surface area (Å²) in [6.07, 6.45) is 4.35. The van der Waals surface area contributed by atoms with Crippen molar-refractivity contribution in [3.63, 3.8) is 0 Å². The van der Waals surface area contributed by atoms with Crippen molar-refractivity contribution in [1.29, 1.82) is 0 Å². The zero-order valence-corrected chi connectivity index (χ0v) is 16.8. The number of hydrogen-bond acceptors (Lipinski definition) is 5. The van der Waals surface area contributed by atoms with Crippen LogP contribution in [0.1, 0.15) is 25.1 Å². The molecule has 0 fully saturated rings. The number of amides is 1. The van der Waals surface area contributed by atoms with Crippen LogP contribution in [0.15, 0.2) is 33.9 Å². The molecule has 0 saturated heterocycles. The number of fused-ring (bicyclic) bond motifs is 2. The fourth-order valence-corrected chi connectivity index (χ4v) is 3.56. The molecule has 8 nitrogen and oxygen atoms in total. The maximum Gasteiger partial charge on any atom is 0.280 e. The van der Waals surface area contributed by atoms with E-state index in [1.165, 1.54) is 17.6 Å². The highest BCUT2D eigenvalue weighted by atomic mass is 35.5. The summed E-state index contributed by atoms with van der Waals surface area (Å²) < 4.78 is 2.35. The Morgan fingerprint density at radius 3 is 2.69 bits per heavy atom. The summed E-state index contributed by atoms with van der Waals surface area (Å²) >= 11 is 6.02. The molecule has 29 heavy (non-hydrogen) atoms. The Bertz CT molecular complexity index is 1320. The molecule has 0 saturated carbocycles. The number of rotatable bonds is 2. The highest BCUT2D eigenvalue weighted by molar-refractivity contribution is 6.31. The Morgan fingerprint density at radius 2 is 1.97 bits per heavy atom. The third kappa shape index (κ3) is 3.25. The Kier molecular flexibility index (Phi) is 4.58. The first-order valence-corrected chi connectivity index (χ1v) is 9.42. The summed E-state index contributed by atoms with van der Waals surface area (Å²) in [6.45, 7) is 3.31. The summed E-state index contributed by atoms with van der Waals surface area (Å²) in [7, 11) is 1.56. The number of nitrogens with zero attached hydrogens (tertiary/aromatic N) is 4. The lowest BCUT2D eigenvalue weighted by atomic mass is 9.95. The van der Waals surface area contributed by atoms with Gasteiger partial charge in [-0.05, 0) is 30.5 Å². The maximum atomic E-state index is 13.1. The molecular weight excluding hydrogens is 394 g/mol. The van der Waals surface area contributed by atoms with Gasteiger partial charge in [0.05, 0.1) is 22.2 Å². The van der Waals surface area contributed by atoms with E-state index in [1.54, 1.807) is 25.3 Å². The zero-order chi connectivity index (χ0) is 20.9. The number of carbonyl (C=O) groups excluding carboxylic acids is 1. The van der Waals surface area contributed by atoms with E-state index < -0.39 is 11.5 Å². The average Bonchev–Trinajstić information content (AvgIpc) is 2.67. The molecule has 1 aromatic carbocycles. The molecule has 1 amide bonds. The Balaban J connectivity index is 2.07. The second-order valence-corrected chi connectivity index (χ2v) is 7.54. The van der Waals surface area contributed by atoms with Gasteiger partial charge in [0.15, 0.2) is 11.6 Å². The summed E-state index contributed by atoms with van der Waals surface area (Å²) in [4.78, 5) is 46.9.